The highest BCUT2D eigenvalue weighted by Crippen LogP contribution is 2.11. The van der Waals surface area contributed by atoms with Crippen molar-refractivity contribution in [3.63, 3.8) is 0 Å². The highest BCUT2D eigenvalue weighted by atomic mass is 19.1. The molecule has 76 valence electrons. The lowest BCUT2D eigenvalue weighted by molar-refractivity contribution is -0.117. The maximum absolute atomic E-state index is 12.6. The Morgan fingerprint density at radius 2 is 2.14 bits per heavy atom. The highest BCUT2D eigenvalue weighted by molar-refractivity contribution is 5.15. The van der Waals surface area contributed by atoms with Gasteiger partial charge in [-0.25, -0.2) is 4.39 Å². The van der Waals surface area contributed by atoms with Gasteiger partial charge >= 0.3 is 0 Å². The molecule has 0 bridgehead atoms. The molecule has 14 heavy (non-hydrogen) atoms. The smallest absolute Gasteiger partial charge is 0.123 e. The van der Waals surface area contributed by atoms with Crippen LogP contribution < -0.4 is 0 Å². The molecule has 0 spiro atoms. The maximum Gasteiger partial charge on any atom is 0.123 e. The van der Waals surface area contributed by atoms with Crippen molar-refractivity contribution in [1.29, 1.82) is 0 Å². The molecule has 1 aliphatic rings. The Hall–Kier alpha value is -0.970. The first kappa shape index (κ1) is 9.58. The zero-order valence-corrected chi connectivity index (χ0v) is 7.69. The van der Waals surface area contributed by atoms with Gasteiger partial charge in [-0.2, -0.15) is 5.06 Å². The molecule has 1 saturated heterocycles. The topological polar surface area (TPSA) is 32.7 Å². The normalized spacial score (nSPS) is 22.9. The average molecular weight is 197 g/mol. The Kier molecular flexibility index (Phi) is 2.77. The Bertz CT molecular complexity index is 301. The molecule has 0 amide bonds. The molecule has 0 aromatic heterocycles. The zero-order valence-electron chi connectivity index (χ0n) is 7.69. The van der Waals surface area contributed by atoms with E-state index in [2.05, 4.69) is 0 Å². The van der Waals surface area contributed by atoms with Gasteiger partial charge < -0.3 is 5.11 Å². The molecule has 4 heteroatoms. The maximum atomic E-state index is 12.6. The Morgan fingerprint density at radius 1 is 1.43 bits per heavy atom. The van der Waals surface area contributed by atoms with Crippen molar-refractivity contribution in [3.05, 3.63) is 35.6 Å². The van der Waals surface area contributed by atoms with Crippen LogP contribution in [0.4, 0.5) is 4.39 Å². The van der Waals surface area contributed by atoms with E-state index < -0.39 is 6.10 Å². The van der Waals surface area contributed by atoms with E-state index in [1.54, 1.807) is 17.2 Å². The molecule has 1 aliphatic heterocycles. The van der Waals surface area contributed by atoms with Gasteiger partial charge in [0.2, 0.25) is 0 Å². The number of benzene rings is 1. The molecule has 1 aromatic carbocycles. The molecule has 1 fully saturated rings. The second kappa shape index (κ2) is 4.04. The predicted octanol–water partition coefficient (Wildman–Crippen LogP) is 0.934. The van der Waals surface area contributed by atoms with Gasteiger partial charge in [-0.1, -0.05) is 12.1 Å². The summed E-state index contributed by atoms with van der Waals surface area (Å²) in [6.45, 7) is 1.44. The molecule has 0 saturated carbocycles. The zero-order chi connectivity index (χ0) is 9.97. The van der Waals surface area contributed by atoms with Crippen molar-refractivity contribution in [2.24, 2.45) is 0 Å². The third-order valence-corrected chi connectivity index (χ3v) is 2.14. The van der Waals surface area contributed by atoms with Crippen LogP contribution in [0.2, 0.25) is 0 Å². The third kappa shape index (κ3) is 2.29. The van der Waals surface area contributed by atoms with Crippen LogP contribution in [0, 0.1) is 5.82 Å². The van der Waals surface area contributed by atoms with Crippen LogP contribution in [0.25, 0.3) is 0 Å². The third-order valence-electron chi connectivity index (χ3n) is 2.14. The lowest BCUT2D eigenvalue weighted by Crippen LogP contribution is -2.20. The van der Waals surface area contributed by atoms with Crippen LogP contribution in [-0.2, 0) is 11.4 Å². The van der Waals surface area contributed by atoms with Crippen LogP contribution in [0.5, 0.6) is 0 Å². The number of aliphatic hydroxyl groups excluding tert-OH is 1. The fraction of sp³-hybridized carbons (Fsp3) is 0.400. The standard InChI is InChI=1S/C10H12FNO2/c11-9-3-1-8(2-4-9)5-12-6-10(13)7-14-12/h1-4,10,13H,5-7H2. The van der Waals surface area contributed by atoms with Gasteiger partial charge in [-0.3, -0.25) is 4.84 Å². The summed E-state index contributed by atoms with van der Waals surface area (Å²) in [5.74, 6) is -0.240. The molecule has 0 aliphatic carbocycles. The molecule has 0 radical (unpaired) electrons. The van der Waals surface area contributed by atoms with E-state index in [9.17, 15) is 9.50 Å². The lowest BCUT2D eigenvalue weighted by atomic mass is 10.2. The molecule has 1 atom stereocenters. The van der Waals surface area contributed by atoms with E-state index in [-0.39, 0.29) is 5.82 Å². The minimum atomic E-state index is -0.407. The predicted molar refractivity (Wildman–Crippen MR) is 48.8 cm³/mol. The molecule has 1 N–H and O–H groups in total. The van der Waals surface area contributed by atoms with Gasteiger partial charge in [0.05, 0.1) is 19.3 Å². The summed E-state index contributed by atoms with van der Waals surface area (Å²) in [5, 5.41) is 10.9. The van der Waals surface area contributed by atoms with Crippen LogP contribution in [0.3, 0.4) is 0 Å². The van der Waals surface area contributed by atoms with Crippen molar-refractivity contribution in [1.82, 2.24) is 5.06 Å². The number of hydrogen-bond donors (Lipinski definition) is 1. The summed E-state index contributed by atoms with van der Waals surface area (Å²) >= 11 is 0. The number of β-amino-alcohol motifs (C(OH)–C–C–N with tert-alkyl or cyclic N) is 1. The number of nitrogens with zero attached hydrogens (tertiary/aromatic N) is 1. The number of aliphatic hydroxyl groups is 1. The Balaban J connectivity index is 1.94. The van der Waals surface area contributed by atoms with Crippen LogP contribution >= 0.6 is 0 Å². The summed E-state index contributed by atoms with van der Waals surface area (Å²) < 4.78 is 12.6. The van der Waals surface area contributed by atoms with Gasteiger partial charge in [0, 0.05) is 6.54 Å². The van der Waals surface area contributed by atoms with E-state index in [0.717, 1.165) is 5.56 Å². The average Bonchev–Trinajstić information content (AvgIpc) is 2.56. The first-order valence-corrected chi connectivity index (χ1v) is 4.54. The number of rotatable bonds is 2. The van der Waals surface area contributed by atoms with Crippen molar-refractivity contribution in [2.75, 3.05) is 13.2 Å². The molecule has 3 nitrogen and oxygen atoms in total. The summed E-state index contributed by atoms with van der Waals surface area (Å²) in [4.78, 5) is 5.19. The minimum absolute atomic E-state index is 0.240. The first-order chi connectivity index (χ1) is 6.74. The number of halogens is 1. The van der Waals surface area contributed by atoms with Gasteiger partial charge in [0.15, 0.2) is 0 Å². The van der Waals surface area contributed by atoms with E-state index >= 15 is 0 Å². The lowest BCUT2D eigenvalue weighted by Gasteiger charge is -2.12. The second-order valence-corrected chi connectivity index (χ2v) is 3.40. The van der Waals surface area contributed by atoms with E-state index in [0.29, 0.717) is 19.7 Å². The van der Waals surface area contributed by atoms with E-state index in [4.69, 9.17) is 4.84 Å². The number of hydroxylamine groups is 2. The van der Waals surface area contributed by atoms with Crippen molar-refractivity contribution in [2.45, 2.75) is 12.6 Å². The minimum Gasteiger partial charge on any atom is -0.389 e. The largest absolute Gasteiger partial charge is 0.389 e. The molecule has 1 unspecified atom stereocenters. The molecule has 2 rings (SSSR count). The fourth-order valence-electron chi connectivity index (χ4n) is 1.44. The quantitative estimate of drug-likeness (QED) is 0.765. The second-order valence-electron chi connectivity index (χ2n) is 3.40. The summed E-state index contributed by atoms with van der Waals surface area (Å²) in [7, 11) is 0. The molecular formula is C10H12FNO2. The SMILES string of the molecule is OC1CON(Cc2ccc(F)cc2)C1. The monoisotopic (exact) mass is 197 g/mol. The summed E-state index contributed by atoms with van der Waals surface area (Å²) in [6, 6.07) is 6.26. The van der Waals surface area contributed by atoms with Crippen molar-refractivity contribution < 1.29 is 14.3 Å². The van der Waals surface area contributed by atoms with Crippen LogP contribution in [0.15, 0.2) is 24.3 Å². The molecule has 1 aromatic rings. The van der Waals surface area contributed by atoms with Crippen LogP contribution in [0.1, 0.15) is 5.56 Å². The summed E-state index contributed by atoms with van der Waals surface area (Å²) in [5.41, 5.74) is 0.973. The van der Waals surface area contributed by atoms with Crippen LogP contribution in [-0.4, -0.2) is 29.4 Å². The van der Waals surface area contributed by atoms with E-state index in [1.165, 1.54) is 12.1 Å². The Morgan fingerprint density at radius 3 is 2.71 bits per heavy atom. The van der Waals surface area contributed by atoms with Gasteiger partial charge in [0.1, 0.15) is 5.82 Å². The molecule has 1 heterocycles. The highest BCUT2D eigenvalue weighted by Gasteiger charge is 2.20. The molecular weight excluding hydrogens is 185 g/mol. The number of hydrogen-bond acceptors (Lipinski definition) is 3. The van der Waals surface area contributed by atoms with Gasteiger partial charge in [-0.05, 0) is 17.7 Å². The van der Waals surface area contributed by atoms with Crippen molar-refractivity contribution in [3.8, 4) is 0 Å². The van der Waals surface area contributed by atoms with Gasteiger partial charge in [-0.15, -0.1) is 0 Å². The fourth-order valence-corrected chi connectivity index (χ4v) is 1.44. The first-order valence-electron chi connectivity index (χ1n) is 4.54. The summed E-state index contributed by atoms with van der Waals surface area (Å²) in [6.07, 6.45) is -0.407. The van der Waals surface area contributed by atoms with Gasteiger partial charge in [0.25, 0.3) is 0 Å². The Labute approximate surface area is 81.7 Å². The van der Waals surface area contributed by atoms with E-state index in [1.807, 2.05) is 0 Å². The van der Waals surface area contributed by atoms with Crippen molar-refractivity contribution >= 4 is 0 Å².